The lowest BCUT2D eigenvalue weighted by Crippen LogP contribution is -2.30. The number of hydrogen-bond acceptors (Lipinski definition) is 5. The second-order valence-corrected chi connectivity index (χ2v) is 4.05. The van der Waals surface area contributed by atoms with E-state index in [1.807, 2.05) is 6.92 Å². The highest BCUT2D eigenvalue weighted by Gasteiger charge is 2.09. The third-order valence-corrected chi connectivity index (χ3v) is 2.74. The summed E-state index contributed by atoms with van der Waals surface area (Å²) in [6, 6.07) is 0.00550. The van der Waals surface area contributed by atoms with Gasteiger partial charge in [0, 0.05) is 12.6 Å². The summed E-state index contributed by atoms with van der Waals surface area (Å²) in [7, 11) is 0. The fraction of sp³-hybridized carbons (Fsp3) is 0.600. The van der Waals surface area contributed by atoms with Crippen molar-refractivity contribution in [3.8, 4) is 0 Å². The van der Waals surface area contributed by atoms with E-state index in [0.29, 0.717) is 12.2 Å². The number of rotatable bonds is 6. The van der Waals surface area contributed by atoms with Crippen LogP contribution in [0.5, 0.6) is 0 Å². The van der Waals surface area contributed by atoms with Crippen LogP contribution in [0, 0.1) is 0 Å². The van der Waals surface area contributed by atoms with Crippen LogP contribution in [0.2, 0.25) is 5.02 Å². The highest BCUT2D eigenvalue weighted by molar-refractivity contribution is 6.32. The van der Waals surface area contributed by atoms with Gasteiger partial charge in [-0.3, -0.25) is 4.79 Å². The van der Waals surface area contributed by atoms with Gasteiger partial charge >= 0.3 is 0 Å². The maximum atomic E-state index is 11.7. The van der Waals surface area contributed by atoms with Crippen LogP contribution in [0.25, 0.3) is 0 Å². The van der Waals surface area contributed by atoms with Crippen LogP contribution in [0.4, 0.5) is 5.69 Å². The lowest BCUT2D eigenvalue weighted by molar-refractivity contribution is 0.266. The van der Waals surface area contributed by atoms with E-state index in [4.69, 9.17) is 22.4 Å². The summed E-state index contributed by atoms with van der Waals surface area (Å²) in [4.78, 5) is 11.7. The van der Waals surface area contributed by atoms with Gasteiger partial charge in [0.15, 0.2) is 0 Å². The predicted octanol–water partition coefficient (Wildman–Crippen LogP) is 0.0382. The quantitative estimate of drug-likeness (QED) is 0.671. The number of aliphatic hydroxyl groups is 1. The molecule has 7 heteroatoms. The molecule has 1 rings (SSSR count). The van der Waals surface area contributed by atoms with Gasteiger partial charge in [-0.25, -0.2) is 4.68 Å². The van der Waals surface area contributed by atoms with Gasteiger partial charge in [-0.05, 0) is 6.42 Å². The van der Waals surface area contributed by atoms with E-state index in [0.717, 1.165) is 11.1 Å². The summed E-state index contributed by atoms with van der Waals surface area (Å²) in [5, 5.41) is 15.7. The van der Waals surface area contributed by atoms with Crippen molar-refractivity contribution in [1.29, 1.82) is 0 Å². The first-order chi connectivity index (χ1) is 8.10. The van der Waals surface area contributed by atoms with Crippen LogP contribution in [-0.2, 0) is 6.54 Å². The molecule has 0 aliphatic carbocycles. The summed E-state index contributed by atoms with van der Waals surface area (Å²) >= 11 is 5.90. The summed E-state index contributed by atoms with van der Waals surface area (Å²) in [6.07, 6.45) is 2.29. The molecule has 0 fully saturated rings. The van der Waals surface area contributed by atoms with Crippen LogP contribution in [0.15, 0.2) is 11.0 Å². The summed E-state index contributed by atoms with van der Waals surface area (Å²) in [5.41, 5.74) is 5.79. The van der Waals surface area contributed by atoms with Crippen LogP contribution >= 0.6 is 11.6 Å². The normalized spacial score (nSPS) is 12.5. The molecule has 1 aromatic heterocycles. The Morgan fingerprint density at radius 3 is 3.00 bits per heavy atom. The third-order valence-electron chi connectivity index (χ3n) is 2.38. The lowest BCUT2D eigenvalue weighted by atomic mass is 10.2. The molecule has 0 aliphatic rings. The molecule has 0 saturated heterocycles. The Labute approximate surface area is 104 Å². The van der Waals surface area contributed by atoms with Crippen molar-refractivity contribution in [2.75, 3.05) is 18.5 Å². The Morgan fingerprint density at radius 2 is 2.41 bits per heavy atom. The molecule has 0 spiro atoms. The zero-order chi connectivity index (χ0) is 12.8. The van der Waals surface area contributed by atoms with Gasteiger partial charge in [0.05, 0.1) is 25.0 Å². The smallest absolute Gasteiger partial charge is 0.287 e. The zero-order valence-corrected chi connectivity index (χ0v) is 10.4. The second-order valence-electron chi connectivity index (χ2n) is 3.67. The standard InChI is InChI=1S/C10H17ClN4O2/c1-2-7(12)5-13-8-6-14-15(3-4-16)10(17)9(8)11/h6-7,13,16H,2-5,12H2,1H3. The van der Waals surface area contributed by atoms with Crippen LogP contribution in [-0.4, -0.2) is 34.1 Å². The van der Waals surface area contributed by atoms with Gasteiger partial charge in [-0.1, -0.05) is 18.5 Å². The molecule has 0 aliphatic heterocycles. The molecule has 17 heavy (non-hydrogen) atoms. The molecular formula is C10H17ClN4O2. The molecule has 1 unspecified atom stereocenters. The predicted molar refractivity (Wildman–Crippen MR) is 67.3 cm³/mol. The third kappa shape index (κ3) is 3.69. The average molecular weight is 261 g/mol. The van der Waals surface area contributed by atoms with Gasteiger partial charge in [0.2, 0.25) is 0 Å². The van der Waals surface area contributed by atoms with Crippen molar-refractivity contribution < 1.29 is 5.11 Å². The Morgan fingerprint density at radius 1 is 1.71 bits per heavy atom. The maximum absolute atomic E-state index is 11.7. The number of nitrogens with zero attached hydrogens (tertiary/aromatic N) is 2. The molecule has 0 radical (unpaired) electrons. The van der Waals surface area contributed by atoms with Crippen molar-refractivity contribution in [1.82, 2.24) is 9.78 Å². The first-order valence-corrected chi connectivity index (χ1v) is 5.83. The number of aliphatic hydroxyl groups excluding tert-OH is 1. The molecule has 1 aromatic rings. The lowest BCUT2D eigenvalue weighted by Gasteiger charge is -2.12. The van der Waals surface area contributed by atoms with Crippen molar-refractivity contribution in [3.05, 3.63) is 21.6 Å². The highest BCUT2D eigenvalue weighted by atomic mass is 35.5. The first-order valence-electron chi connectivity index (χ1n) is 5.46. The fourth-order valence-electron chi connectivity index (χ4n) is 1.23. The molecule has 1 atom stereocenters. The van der Waals surface area contributed by atoms with Gasteiger partial charge in [0.25, 0.3) is 5.56 Å². The zero-order valence-electron chi connectivity index (χ0n) is 9.69. The molecule has 96 valence electrons. The number of nitrogens with one attached hydrogen (secondary N) is 1. The SMILES string of the molecule is CCC(N)CNc1cnn(CCO)c(=O)c1Cl. The molecular weight excluding hydrogens is 244 g/mol. The van der Waals surface area contributed by atoms with Crippen LogP contribution in [0.3, 0.4) is 0 Å². The largest absolute Gasteiger partial charge is 0.394 e. The van der Waals surface area contributed by atoms with E-state index in [2.05, 4.69) is 10.4 Å². The Balaban J connectivity index is 2.82. The molecule has 0 amide bonds. The minimum atomic E-state index is -0.421. The highest BCUT2D eigenvalue weighted by Crippen LogP contribution is 2.14. The van der Waals surface area contributed by atoms with E-state index >= 15 is 0 Å². The van der Waals surface area contributed by atoms with Crippen LogP contribution < -0.4 is 16.6 Å². The Bertz CT molecular complexity index is 421. The number of anilines is 1. The minimum Gasteiger partial charge on any atom is -0.394 e. The van der Waals surface area contributed by atoms with Crippen molar-refractivity contribution in [3.63, 3.8) is 0 Å². The molecule has 6 nitrogen and oxygen atoms in total. The van der Waals surface area contributed by atoms with Gasteiger partial charge < -0.3 is 16.2 Å². The fourth-order valence-corrected chi connectivity index (χ4v) is 1.44. The van der Waals surface area contributed by atoms with E-state index < -0.39 is 5.56 Å². The molecule has 0 aromatic carbocycles. The Hall–Kier alpha value is -1.11. The minimum absolute atomic E-state index is 0.00550. The van der Waals surface area contributed by atoms with Gasteiger partial charge in [0.1, 0.15) is 5.02 Å². The average Bonchev–Trinajstić information content (AvgIpc) is 2.34. The van der Waals surface area contributed by atoms with Crippen molar-refractivity contribution in [2.45, 2.75) is 25.9 Å². The van der Waals surface area contributed by atoms with Gasteiger partial charge in [-0.15, -0.1) is 0 Å². The maximum Gasteiger partial charge on any atom is 0.287 e. The molecule has 0 saturated carbocycles. The summed E-state index contributed by atoms with van der Waals surface area (Å²) < 4.78 is 1.12. The molecule has 0 bridgehead atoms. The van der Waals surface area contributed by atoms with E-state index in [1.54, 1.807) is 0 Å². The van der Waals surface area contributed by atoms with Crippen molar-refractivity contribution >= 4 is 17.3 Å². The number of hydrogen-bond donors (Lipinski definition) is 3. The number of halogens is 1. The topological polar surface area (TPSA) is 93.2 Å². The number of aromatic nitrogens is 2. The van der Waals surface area contributed by atoms with Crippen molar-refractivity contribution in [2.24, 2.45) is 5.73 Å². The summed E-state index contributed by atoms with van der Waals surface area (Å²) in [6.45, 7) is 2.48. The van der Waals surface area contributed by atoms with E-state index in [-0.39, 0.29) is 24.2 Å². The first kappa shape index (κ1) is 14.0. The second kappa shape index (κ2) is 6.58. The monoisotopic (exact) mass is 260 g/mol. The Kier molecular flexibility index (Phi) is 5.40. The molecule has 1 heterocycles. The number of nitrogens with two attached hydrogens (primary N) is 1. The molecule has 4 N–H and O–H groups in total. The van der Waals surface area contributed by atoms with Crippen LogP contribution in [0.1, 0.15) is 13.3 Å². The van der Waals surface area contributed by atoms with Gasteiger partial charge in [-0.2, -0.15) is 5.10 Å². The van der Waals surface area contributed by atoms with E-state index in [1.165, 1.54) is 6.20 Å². The van der Waals surface area contributed by atoms with E-state index in [9.17, 15) is 4.79 Å². The summed E-state index contributed by atoms with van der Waals surface area (Å²) in [5.74, 6) is 0.